The van der Waals surface area contributed by atoms with E-state index in [-0.39, 0.29) is 11.5 Å². The summed E-state index contributed by atoms with van der Waals surface area (Å²) in [5.41, 5.74) is 2.86. The summed E-state index contributed by atoms with van der Waals surface area (Å²) in [7, 11) is -1.94. The topological polar surface area (TPSA) is 83.8 Å². The van der Waals surface area contributed by atoms with Crippen LogP contribution in [-0.4, -0.2) is 86.5 Å². The zero-order valence-corrected chi connectivity index (χ0v) is 18.8. The smallest absolute Gasteiger partial charge is 0.261 e. The molecule has 2 bridgehead atoms. The van der Waals surface area contributed by atoms with Gasteiger partial charge in [0.25, 0.3) is 10.1 Å². The van der Waals surface area contributed by atoms with Gasteiger partial charge >= 0.3 is 151 Å². The second-order valence-electron chi connectivity index (χ2n) is 7.57. The van der Waals surface area contributed by atoms with Crippen LogP contribution in [0.2, 0.25) is -0.490 Å². The minimum atomic E-state index is -3.67. The zero-order chi connectivity index (χ0) is 18.2. The Morgan fingerprint density at radius 1 is 1.25 bits per heavy atom. The predicted octanol–water partition coefficient (Wildman–Crippen LogP) is 2.41. The SMILES string of the molecule is COc1ccc(C23CC[C]([K])(CC2)C(O)C3)cc1C.CS(=O)(=O)O. The molecule has 1 atom stereocenters. The van der Waals surface area contributed by atoms with Gasteiger partial charge in [0.1, 0.15) is 0 Å². The molecule has 0 aliphatic heterocycles. The molecule has 3 aliphatic rings. The van der Waals surface area contributed by atoms with Crippen LogP contribution in [0.1, 0.15) is 43.2 Å². The first-order chi connectivity index (χ1) is 11.0. The summed E-state index contributed by atoms with van der Waals surface area (Å²) in [6.45, 7) is 2.11. The predicted molar refractivity (Wildman–Crippen MR) is 94.4 cm³/mol. The standard InChI is InChI=1S/C16H21O2.CH4O3S.K/c1-11-9-13(3-4-15(11)18-2)16-7-5-12(6-8-16)14(17)10-16;1-5(2,3)4;/h3-4,9,14,17H,5-8,10H2,1-2H3;1H3,(H,2,3,4);. The minimum absolute atomic E-state index is 0.0580. The first kappa shape index (κ1) is 20.8. The fourth-order valence-corrected chi connectivity index (χ4v) is 5.17. The number of hydrogen-bond donors (Lipinski definition) is 2. The Balaban J connectivity index is 0.000000368. The van der Waals surface area contributed by atoms with Gasteiger partial charge in [0.2, 0.25) is 0 Å². The van der Waals surface area contributed by atoms with Crippen LogP contribution in [0.25, 0.3) is 0 Å². The summed E-state index contributed by atoms with van der Waals surface area (Å²) >= 11 is 0.738. The van der Waals surface area contributed by atoms with E-state index in [0.717, 1.165) is 61.1 Å². The van der Waals surface area contributed by atoms with Gasteiger partial charge in [0, 0.05) is 0 Å². The first-order valence-corrected chi connectivity index (χ1v) is 11.7. The van der Waals surface area contributed by atoms with Crippen molar-refractivity contribution in [1.82, 2.24) is 0 Å². The maximum atomic E-state index is 10.5. The molecule has 0 heterocycles. The third-order valence-corrected chi connectivity index (χ3v) is 8.35. The molecule has 4 rings (SSSR count). The molecule has 0 saturated heterocycles. The van der Waals surface area contributed by atoms with E-state index in [1.807, 2.05) is 0 Å². The first-order valence-electron chi connectivity index (χ1n) is 8.25. The number of rotatable bonds is 2. The van der Waals surface area contributed by atoms with Crippen molar-refractivity contribution in [2.24, 2.45) is 0 Å². The number of aryl methyl sites for hydroxylation is 1. The summed E-state index contributed by atoms with van der Waals surface area (Å²) in [4.78, 5) is 0. The molecule has 3 aliphatic carbocycles. The molecule has 1 aromatic rings. The van der Waals surface area contributed by atoms with Gasteiger partial charge in [0.05, 0.1) is 6.26 Å². The monoisotopic (exact) mass is 380 g/mol. The summed E-state index contributed by atoms with van der Waals surface area (Å²) < 4.78 is 31.6. The maximum absolute atomic E-state index is 10.5. The average Bonchev–Trinajstić information content (AvgIpc) is 2.47. The molecular weight excluding hydrogens is 355 g/mol. The molecule has 0 radical (unpaired) electrons. The second kappa shape index (κ2) is 7.64. The van der Waals surface area contributed by atoms with Crippen LogP contribution < -0.4 is 4.74 Å². The molecule has 1 unspecified atom stereocenters. The third-order valence-electron chi connectivity index (χ3n) is 5.75. The molecule has 0 amide bonds. The fourth-order valence-electron chi connectivity index (χ4n) is 4.07. The van der Waals surface area contributed by atoms with Crippen LogP contribution in [0.5, 0.6) is 5.75 Å². The number of hydrogen-bond acceptors (Lipinski definition) is 4. The van der Waals surface area contributed by atoms with E-state index in [4.69, 9.17) is 9.29 Å². The second-order valence-corrected chi connectivity index (χ2v) is 12.1. The van der Waals surface area contributed by atoms with E-state index in [9.17, 15) is 13.5 Å². The molecule has 0 spiro atoms. The number of benzene rings is 1. The summed E-state index contributed by atoms with van der Waals surface area (Å²) in [5.74, 6) is 0.965. The van der Waals surface area contributed by atoms with Gasteiger partial charge in [-0.1, -0.05) is 0 Å². The van der Waals surface area contributed by atoms with Gasteiger partial charge < -0.3 is 0 Å². The van der Waals surface area contributed by atoms with E-state index < -0.39 is 10.1 Å². The Morgan fingerprint density at radius 3 is 2.21 bits per heavy atom. The molecule has 1 aromatic carbocycles. The van der Waals surface area contributed by atoms with Gasteiger partial charge in [-0.3, -0.25) is 4.55 Å². The van der Waals surface area contributed by atoms with Crippen molar-refractivity contribution in [3.05, 3.63) is 29.3 Å². The van der Waals surface area contributed by atoms with Crippen molar-refractivity contribution in [3.8, 4) is 5.75 Å². The van der Waals surface area contributed by atoms with Gasteiger partial charge in [0.15, 0.2) is 0 Å². The fraction of sp³-hybridized carbons (Fsp3) is 0.647. The van der Waals surface area contributed by atoms with Crippen LogP contribution in [0, 0.1) is 6.92 Å². The Morgan fingerprint density at radius 2 is 1.79 bits per heavy atom. The van der Waals surface area contributed by atoms with Crippen LogP contribution in [0.3, 0.4) is 0 Å². The van der Waals surface area contributed by atoms with E-state index in [1.54, 1.807) is 7.11 Å². The van der Waals surface area contributed by atoms with E-state index in [2.05, 4.69) is 25.1 Å². The summed E-state index contributed by atoms with van der Waals surface area (Å²) in [6.07, 6.45) is 6.62. The Kier molecular flexibility index (Phi) is 6.63. The molecule has 3 fully saturated rings. The number of aliphatic hydroxyl groups is 1. The Hall–Kier alpha value is 0.526. The number of methoxy groups -OCH3 is 1. The van der Waals surface area contributed by atoms with Crippen molar-refractivity contribution < 1.29 is 22.8 Å². The van der Waals surface area contributed by atoms with Crippen molar-refractivity contribution >= 4 is 59.1 Å². The van der Waals surface area contributed by atoms with Crippen molar-refractivity contribution in [2.45, 2.75) is 50.1 Å². The molecule has 24 heavy (non-hydrogen) atoms. The zero-order valence-electron chi connectivity index (χ0n) is 14.9. The number of fused-ring (bicyclic) bond motifs is 3. The van der Waals surface area contributed by atoms with E-state index in [0.29, 0.717) is 5.77 Å². The van der Waals surface area contributed by atoms with Gasteiger partial charge in [-0.25, -0.2) is 0 Å². The third kappa shape index (κ3) is 4.82. The molecule has 7 heteroatoms. The van der Waals surface area contributed by atoms with Crippen LogP contribution >= 0.6 is 0 Å². The quantitative estimate of drug-likeness (QED) is 0.608. The van der Waals surface area contributed by atoms with Crippen LogP contribution in [-0.2, 0) is 15.5 Å². The van der Waals surface area contributed by atoms with Crippen molar-refractivity contribution in [2.75, 3.05) is 13.4 Å². The van der Waals surface area contributed by atoms with Gasteiger partial charge in [-0.05, 0) is 0 Å². The van der Waals surface area contributed by atoms with E-state index in [1.165, 1.54) is 36.8 Å². The molecule has 3 saturated carbocycles. The Labute approximate surface area is 178 Å². The molecule has 0 aromatic heterocycles. The summed E-state index contributed by atoms with van der Waals surface area (Å²) in [6, 6.07) is 6.58. The summed E-state index contributed by atoms with van der Waals surface area (Å²) in [5, 5.41) is 10.5. The maximum Gasteiger partial charge on any atom is 0.261 e. The van der Waals surface area contributed by atoms with Crippen LogP contribution in [0.15, 0.2) is 18.2 Å². The molecular formula is C17H25KO5S. The number of aliphatic hydroxyl groups excluding tert-OH is 1. The molecule has 130 valence electrons. The number of ether oxygens (including phenoxy) is 1. The largest absolute Gasteiger partial charge is 0.286 e. The average molecular weight is 381 g/mol. The minimum Gasteiger partial charge on any atom is -0.286 e. The van der Waals surface area contributed by atoms with E-state index >= 15 is 0 Å². The van der Waals surface area contributed by atoms with Gasteiger partial charge in [-0.15, -0.1) is 0 Å². The Bertz CT molecular complexity index is 685. The normalized spacial score (nSPS) is 32.0. The van der Waals surface area contributed by atoms with Gasteiger partial charge in [-0.2, -0.15) is 8.42 Å². The van der Waals surface area contributed by atoms with Crippen LogP contribution in [0.4, 0.5) is 0 Å². The molecule has 2 N–H and O–H groups in total. The molecule has 5 nitrogen and oxygen atoms in total. The van der Waals surface area contributed by atoms with Crippen molar-refractivity contribution in [1.29, 1.82) is 0 Å². The van der Waals surface area contributed by atoms with Crippen molar-refractivity contribution in [3.63, 3.8) is 0 Å².